The highest BCUT2D eigenvalue weighted by Crippen LogP contribution is 2.29. The lowest BCUT2D eigenvalue weighted by Crippen LogP contribution is -2.46. The van der Waals surface area contributed by atoms with Crippen molar-refractivity contribution >= 4 is 11.9 Å². The van der Waals surface area contributed by atoms with E-state index in [0.717, 1.165) is 36.2 Å². The molecule has 0 spiro atoms. The van der Waals surface area contributed by atoms with E-state index in [2.05, 4.69) is 36.1 Å². The van der Waals surface area contributed by atoms with E-state index in [9.17, 15) is 4.79 Å². The molecule has 23 heavy (non-hydrogen) atoms. The van der Waals surface area contributed by atoms with E-state index in [1.807, 2.05) is 6.92 Å². The Morgan fingerprint density at radius 1 is 1.26 bits per heavy atom. The maximum atomic E-state index is 11.7. The fourth-order valence-electron chi connectivity index (χ4n) is 2.80. The fourth-order valence-corrected chi connectivity index (χ4v) is 2.80. The molecule has 1 saturated carbocycles. The van der Waals surface area contributed by atoms with E-state index in [1.165, 1.54) is 12.8 Å². The number of hydrogen-bond donors (Lipinski definition) is 2. The molecule has 0 saturated heterocycles. The third kappa shape index (κ3) is 7.53. The molecule has 2 N–H and O–H groups in total. The number of carbonyl (C=O) groups is 1. The summed E-state index contributed by atoms with van der Waals surface area (Å²) in [6, 6.07) is 0.441. The van der Waals surface area contributed by atoms with Gasteiger partial charge in [0.1, 0.15) is 6.54 Å². The molecule has 1 fully saturated rings. The van der Waals surface area contributed by atoms with Crippen molar-refractivity contribution in [2.45, 2.75) is 52.5 Å². The van der Waals surface area contributed by atoms with Crippen molar-refractivity contribution in [2.75, 3.05) is 27.2 Å². The van der Waals surface area contributed by atoms with E-state index >= 15 is 0 Å². The Hall–Kier alpha value is -1.52. The van der Waals surface area contributed by atoms with E-state index in [0.29, 0.717) is 12.6 Å². The first-order chi connectivity index (χ1) is 10.8. The van der Waals surface area contributed by atoms with Crippen molar-refractivity contribution in [3.63, 3.8) is 0 Å². The minimum Gasteiger partial charge on any atom is -0.354 e. The van der Waals surface area contributed by atoms with Crippen LogP contribution < -0.4 is 10.6 Å². The number of likely N-dealkylation sites (N-methyl/N-ethyl adjacent to an activating group) is 1. The second-order valence-electron chi connectivity index (χ2n) is 7.26. The average Bonchev–Trinajstić information content (AvgIpc) is 2.49. The van der Waals surface area contributed by atoms with Gasteiger partial charge in [0.05, 0.1) is 0 Å². The van der Waals surface area contributed by atoms with Gasteiger partial charge in [0.2, 0.25) is 5.91 Å². The Kier molecular flexibility index (Phi) is 8.13. The minimum atomic E-state index is 0.00457. The second kappa shape index (κ2) is 9.58. The summed E-state index contributed by atoms with van der Waals surface area (Å²) in [7, 11) is 3.50. The Bertz CT molecular complexity index is 421. The summed E-state index contributed by atoms with van der Waals surface area (Å²) in [5.41, 5.74) is 1.04. The quantitative estimate of drug-likeness (QED) is 0.448. The molecular weight excluding hydrogens is 288 g/mol. The standard InChI is InChI=1S/C18H34N4O/c1-13(2)11-19-18(20-12-17(23)22(5)6)21-16-9-7-15(8-10-16)14(3)4/h14-16H,1,7-12H2,2-6H3,(H2,19,20,21). The first kappa shape index (κ1) is 19.5. The van der Waals surface area contributed by atoms with Crippen molar-refractivity contribution in [2.24, 2.45) is 16.8 Å². The zero-order valence-electron chi connectivity index (χ0n) is 15.5. The largest absolute Gasteiger partial charge is 0.354 e. The number of carbonyl (C=O) groups excluding carboxylic acids is 1. The van der Waals surface area contributed by atoms with E-state index < -0.39 is 0 Å². The topological polar surface area (TPSA) is 56.7 Å². The van der Waals surface area contributed by atoms with Crippen LogP contribution in [-0.4, -0.2) is 50.0 Å². The Labute approximate surface area is 141 Å². The second-order valence-corrected chi connectivity index (χ2v) is 7.26. The first-order valence-corrected chi connectivity index (χ1v) is 8.69. The van der Waals surface area contributed by atoms with E-state index in [4.69, 9.17) is 0 Å². The number of guanidine groups is 1. The summed E-state index contributed by atoms with van der Waals surface area (Å²) >= 11 is 0. The highest BCUT2D eigenvalue weighted by molar-refractivity contribution is 5.85. The molecule has 1 rings (SSSR count). The molecule has 1 aliphatic carbocycles. The molecule has 0 radical (unpaired) electrons. The Morgan fingerprint density at radius 2 is 1.87 bits per heavy atom. The molecule has 5 nitrogen and oxygen atoms in total. The molecule has 0 heterocycles. The lowest BCUT2D eigenvalue weighted by Gasteiger charge is -2.32. The lowest BCUT2D eigenvalue weighted by atomic mass is 9.80. The number of nitrogens with zero attached hydrogens (tertiary/aromatic N) is 2. The highest BCUT2D eigenvalue weighted by Gasteiger charge is 2.23. The monoisotopic (exact) mass is 322 g/mol. The predicted molar refractivity (Wildman–Crippen MR) is 97.5 cm³/mol. The van der Waals surface area contributed by atoms with Crippen LogP contribution in [0.15, 0.2) is 17.1 Å². The van der Waals surface area contributed by atoms with Gasteiger partial charge in [0.25, 0.3) is 0 Å². The first-order valence-electron chi connectivity index (χ1n) is 8.69. The maximum Gasteiger partial charge on any atom is 0.243 e. The molecule has 5 heteroatoms. The van der Waals surface area contributed by atoms with Gasteiger partial charge in [0.15, 0.2) is 5.96 Å². The molecular formula is C18H34N4O. The van der Waals surface area contributed by atoms with Crippen LogP contribution >= 0.6 is 0 Å². The lowest BCUT2D eigenvalue weighted by molar-refractivity contribution is -0.127. The number of hydrogen-bond acceptors (Lipinski definition) is 2. The molecule has 0 unspecified atom stereocenters. The van der Waals surface area contributed by atoms with Crippen LogP contribution in [0.5, 0.6) is 0 Å². The molecule has 1 aliphatic rings. The summed E-state index contributed by atoms with van der Waals surface area (Å²) in [4.78, 5) is 17.7. The number of rotatable bonds is 6. The zero-order chi connectivity index (χ0) is 17.4. The average molecular weight is 322 g/mol. The van der Waals surface area contributed by atoms with Gasteiger partial charge in [0, 0.05) is 26.7 Å². The SMILES string of the molecule is C=C(C)CNC(=NCC(=O)N(C)C)NC1CCC(C(C)C)CC1. The minimum absolute atomic E-state index is 0.00457. The van der Waals surface area contributed by atoms with Crippen LogP contribution in [0.1, 0.15) is 46.5 Å². The van der Waals surface area contributed by atoms with Gasteiger partial charge in [-0.25, -0.2) is 4.99 Å². The smallest absolute Gasteiger partial charge is 0.243 e. The molecule has 132 valence electrons. The Morgan fingerprint density at radius 3 is 2.35 bits per heavy atom. The van der Waals surface area contributed by atoms with Crippen LogP contribution in [0, 0.1) is 11.8 Å². The van der Waals surface area contributed by atoms with E-state index in [-0.39, 0.29) is 12.5 Å². The molecule has 0 atom stereocenters. The zero-order valence-corrected chi connectivity index (χ0v) is 15.5. The molecule has 0 aliphatic heterocycles. The van der Waals surface area contributed by atoms with Crippen molar-refractivity contribution in [3.8, 4) is 0 Å². The summed E-state index contributed by atoms with van der Waals surface area (Å²) in [5, 5.41) is 6.76. The number of aliphatic imine (C=N–C) groups is 1. The third-order valence-corrected chi connectivity index (χ3v) is 4.48. The highest BCUT2D eigenvalue weighted by atomic mass is 16.2. The van der Waals surface area contributed by atoms with Gasteiger partial charge in [-0.15, -0.1) is 0 Å². The van der Waals surface area contributed by atoms with Crippen LogP contribution in [0.25, 0.3) is 0 Å². The number of nitrogens with one attached hydrogen (secondary N) is 2. The predicted octanol–water partition coefficient (Wildman–Crippen LogP) is 2.40. The van der Waals surface area contributed by atoms with Gasteiger partial charge in [-0.3, -0.25) is 4.79 Å². The molecule has 0 bridgehead atoms. The van der Waals surface area contributed by atoms with Crippen LogP contribution in [0.3, 0.4) is 0 Å². The Balaban J connectivity index is 2.57. The van der Waals surface area contributed by atoms with Crippen molar-refractivity contribution in [1.82, 2.24) is 15.5 Å². The normalized spacial score (nSPS) is 21.9. The van der Waals surface area contributed by atoms with Gasteiger partial charge in [-0.2, -0.15) is 0 Å². The summed E-state index contributed by atoms with van der Waals surface area (Å²) in [5.74, 6) is 2.33. The summed E-state index contributed by atoms with van der Waals surface area (Å²) < 4.78 is 0. The van der Waals surface area contributed by atoms with Crippen LogP contribution in [0.2, 0.25) is 0 Å². The van der Waals surface area contributed by atoms with Crippen LogP contribution in [0.4, 0.5) is 0 Å². The maximum absolute atomic E-state index is 11.7. The molecule has 1 amide bonds. The third-order valence-electron chi connectivity index (χ3n) is 4.48. The van der Waals surface area contributed by atoms with Crippen molar-refractivity contribution in [3.05, 3.63) is 12.2 Å². The number of amides is 1. The van der Waals surface area contributed by atoms with Crippen LogP contribution in [-0.2, 0) is 4.79 Å². The van der Waals surface area contributed by atoms with Gasteiger partial charge in [-0.1, -0.05) is 26.0 Å². The molecule has 0 aromatic rings. The van der Waals surface area contributed by atoms with Gasteiger partial charge < -0.3 is 15.5 Å². The summed E-state index contributed by atoms with van der Waals surface area (Å²) in [6.45, 7) is 11.3. The van der Waals surface area contributed by atoms with Gasteiger partial charge in [-0.05, 0) is 44.4 Å². The molecule has 0 aromatic carbocycles. The van der Waals surface area contributed by atoms with E-state index in [1.54, 1.807) is 19.0 Å². The van der Waals surface area contributed by atoms with Gasteiger partial charge >= 0.3 is 0 Å². The van der Waals surface area contributed by atoms with Crippen molar-refractivity contribution < 1.29 is 4.79 Å². The fraction of sp³-hybridized carbons (Fsp3) is 0.778. The van der Waals surface area contributed by atoms with Crippen molar-refractivity contribution in [1.29, 1.82) is 0 Å². The molecule has 0 aromatic heterocycles. The summed E-state index contributed by atoms with van der Waals surface area (Å²) in [6.07, 6.45) is 4.86.